The van der Waals surface area contributed by atoms with Gasteiger partial charge in [-0.3, -0.25) is 9.78 Å². The van der Waals surface area contributed by atoms with E-state index < -0.39 is 11.4 Å². The van der Waals surface area contributed by atoms with Crippen molar-refractivity contribution in [1.82, 2.24) is 9.97 Å². The van der Waals surface area contributed by atoms with Crippen LogP contribution in [0, 0.1) is 0 Å². The minimum absolute atomic E-state index is 0.0753. The summed E-state index contributed by atoms with van der Waals surface area (Å²) in [7, 11) is 1.22. The van der Waals surface area contributed by atoms with E-state index >= 15 is 0 Å². The first-order chi connectivity index (χ1) is 7.65. The lowest BCUT2D eigenvalue weighted by molar-refractivity contribution is 0.0598. The number of ether oxygens (including phenoxy) is 1. The van der Waals surface area contributed by atoms with Gasteiger partial charge in [0.2, 0.25) is 5.43 Å². The Bertz CT molecular complexity index is 621. The molecule has 82 valence electrons. The van der Waals surface area contributed by atoms with E-state index in [2.05, 4.69) is 30.6 Å². The molecule has 6 heteroatoms. The van der Waals surface area contributed by atoms with Gasteiger partial charge in [0.25, 0.3) is 0 Å². The molecule has 1 N–H and O–H groups in total. The maximum Gasteiger partial charge on any atom is 0.344 e. The lowest BCUT2D eigenvalue weighted by Crippen LogP contribution is -2.19. The van der Waals surface area contributed by atoms with Gasteiger partial charge in [-0.2, -0.15) is 0 Å². The number of hydrogen-bond acceptors (Lipinski definition) is 4. The molecule has 0 aliphatic carbocycles. The maximum atomic E-state index is 11.9. The number of methoxy groups -OCH3 is 1. The van der Waals surface area contributed by atoms with E-state index in [1.54, 1.807) is 12.1 Å². The quantitative estimate of drug-likeness (QED) is 0.635. The van der Waals surface area contributed by atoms with Crippen molar-refractivity contribution in [1.29, 1.82) is 0 Å². The van der Waals surface area contributed by atoms with E-state index in [1.807, 2.05) is 0 Å². The molecule has 0 unspecified atom stereocenters. The van der Waals surface area contributed by atoms with E-state index in [1.165, 1.54) is 13.3 Å². The first-order valence-corrected chi connectivity index (χ1v) is 5.19. The van der Waals surface area contributed by atoms with E-state index in [9.17, 15) is 9.59 Å². The topological polar surface area (TPSA) is 72.1 Å². The summed E-state index contributed by atoms with van der Waals surface area (Å²) in [6.45, 7) is 0. The van der Waals surface area contributed by atoms with Gasteiger partial charge in [-0.05, 0) is 28.1 Å². The molecule has 0 bridgehead atoms. The lowest BCUT2D eigenvalue weighted by atomic mass is 10.2. The van der Waals surface area contributed by atoms with Gasteiger partial charge in [0.15, 0.2) is 0 Å². The van der Waals surface area contributed by atoms with Crippen molar-refractivity contribution in [3.05, 3.63) is 38.7 Å². The third-order valence-electron chi connectivity index (χ3n) is 2.10. The third kappa shape index (κ3) is 1.61. The molecule has 0 atom stereocenters. The molecule has 0 spiro atoms. The predicted octanol–water partition coefficient (Wildman–Crippen LogP) is 1.47. The minimum atomic E-state index is -0.694. The highest BCUT2D eigenvalue weighted by atomic mass is 79.9. The molecule has 2 heterocycles. The zero-order chi connectivity index (χ0) is 11.7. The molecule has 2 aromatic rings. The lowest BCUT2D eigenvalue weighted by Gasteiger charge is -2.03. The fourth-order valence-corrected chi connectivity index (χ4v) is 1.93. The first-order valence-electron chi connectivity index (χ1n) is 4.40. The summed E-state index contributed by atoms with van der Waals surface area (Å²) in [5, 5.41) is 0. The Labute approximate surface area is 98.6 Å². The van der Waals surface area contributed by atoms with Crippen LogP contribution >= 0.6 is 15.9 Å². The monoisotopic (exact) mass is 282 g/mol. The molecule has 5 nitrogen and oxygen atoms in total. The van der Waals surface area contributed by atoms with E-state index in [-0.39, 0.29) is 11.1 Å². The molecule has 0 saturated heterocycles. The SMILES string of the molecule is COC(=O)c1c(Br)[nH]c2cccnc2c1=O. The normalized spacial score (nSPS) is 10.4. The zero-order valence-corrected chi connectivity index (χ0v) is 9.87. The van der Waals surface area contributed by atoms with Crippen LogP contribution in [0.1, 0.15) is 10.4 Å². The molecule has 2 rings (SSSR count). The van der Waals surface area contributed by atoms with Crippen LogP contribution in [0.15, 0.2) is 27.7 Å². The summed E-state index contributed by atoms with van der Waals surface area (Å²) in [6.07, 6.45) is 1.49. The number of H-pyrrole nitrogens is 1. The van der Waals surface area contributed by atoms with Gasteiger partial charge in [0.1, 0.15) is 15.7 Å². The van der Waals surface area contributed by atoms with Crippen LogP contribution in [0.5, 0.6) is 0 Å². The number of carbonyl (C=O) groups excluding carboxylic acids is 1. The fraction of sp³-hybridized carbons (Fsp3) is 0.100. The van der Waals surface area contributed by atoms with Gasteiger partial charge in [0, 0.05) is 6.20 Å². The minimum Gasteiger partial charge on any atom is -0.465 e. The summed E-state index contributed by atoms with van der Waals surface area (Å²) in [5.41, 5.74) is 0.250. The van der Waals surface area contributed by atoms with Crippen LogP contribution in [0.2, 0.25) is 0 Å². The molecule has 0 radical (unpaired) electrons. The summed E-state index contributed by atoms with van der Waals surface area (Å²) in [5.74, 6) is -0.694. The largest absolute Gasteiger partial charge is 0.465 e. The van der Waals surface area contributed by atoms with Crippen molar-refractivity contribution in [2.24, 2.45) is 0 Å². The van der Waals surface area contributed by atoms with Crippen molar-refractivity contribution in [3.8, 4) is 0 Å². The summed E-state index contributed by atoms with van der Waals surface area (Å²) >= 11 is 3.13. The van der Waals surface area contributed by atoms with Crippen molar-refractivity contribution in [3.63, 3.8) is 0 Å². The predicted molar refractivity (Wildman–Crippen MR) is 61.4 cm³/mol. The molecule has 16 heavy (non-hydrogen) atoms. The third-order valence-corrected chi connectivity index (χ3v) is 2.70. The van der Waals surface area contributed by atoms with Crippen LogP contribution in [0.4, 0.5) is 0 Å². The molecule has 0 aliphatic rings. The van der Waals surface area contributed by atoms with Gasteiger partial charge >= 0.3 is 5.97 Å². The Balaban J connectivity index is 2.86. The highest BCUT2D eigenvalue weighted by molar-refractivity contribution is 9.10. The number of carbonyl (C=O) groups is 1. The Morgan fingerprint density at radius 2 is 2.31 bits per heavy atom. The van der Waals surface area contributed by atoms with Crippen molar-refractivity contribution in [2.45, 2.75) is 0 Å². The standard InChI is InChI=1S/C10H7BrN2O3/c1-16-10(15)6-8(14)7-5(13-9(6)11)3-2-4-12-7/h2-4H,1H3,(H,13,14). The number of halogens is 1. The van der Waals surface area contributed by atoms with Crippen molar-refractivity contribution < 1.29 is 9.53 Å². The van der Waals surface area contributed by atoms with E-state index in [0.29, 0.717) is 10.1 Å². The van der Waals surface area contributed by atoms with Crippen molar-refractivity contribution >= 4 is 32.9 Å². The second kappa shape index (κ2) is 4.05. The number of pyridine rings is 2. The summed E-state index contributed by atoms with van der Waals surface area (Å²) in [4.78, 5) is 30.1. The Morgan fingerprint density at radius 1 is 1.56 bits per heavy atom. The van der Waals surface area contributed by atoms with E-state index in [4.69, 9.17) is 0 Å². The van der Waals surface area contributed by atoms with Gasteiger partial charge in [0.05, 0.1) is 12.6 Å². The number of aromatic amines is 1. The van der Waals surface area contributed by atoms with Gasteiger partial charge in [-0.15, -0.1) is 0 Å². The average Bonchev–Trinajstić information content (AvgIpc) is 2.28. The Hall–Kier alpha value is -1.69. The highest BCUT2D eigenvalue weighted by Gasteiger charge is 2.18. The molecule has 0 aromatic carbocycles. The number of fused-ring (bicyclic) bond motifs is 1. The number of rotatable bonds is 1. The fourth-order valence-electron chi connectivity index (χ4n) is 1.37. The number of nitrogens with one attached hydrogen (secondary N) is 1. The Morgan fingerprint density at radius 3 is 3.00 bits per heavy atom. The Kier molecular flexibility index (Phi) is 2.74. The number of aromatic nitrogens is 2. The van der Waals surface area contributed by atoms with Crippen LogP contribution in [-0.4, -0.2) is 23.0 Å². The zero-order valence-electron chi connectivity index (χ0n) is 8.28. The molecule has 2 aromatic heterocycles. The van der Waals surface area contributed by atoms with Crippen molar-refractivity contribution in [2.75, 3.05) is 7.11 Å². The number of hydrogen-bond donors (Lipinski definition) is 1. The van der Waals surface area contributed by atoms with Crippen LogP contribution < -0.4 is 5.43 Å². The summed E-state index contributed by atoms with van der Waals surface area (Å²) < 4.78 is 4.83. The number of nitrogens with zero attached hydrogens (tertiary/aromatic N) is 1. The second-order valence-electron chi connectivity index (χ2n) is 3.03. The number of esters is 1. The molecule has 0 fully saturated rings. The average molecular weight is 283 g/mol. The summed E-state index contributed by atoms with van der Waals surface area (Å²) in [6, 6.07) is 3.40. The van der Waals surface area contributed by atoms with Gasteiger partial charge in [-0.25, -0.2) is 4.79 Å². The molecular formula is C10H7BrN2O3. The molecule has 0 saturated carbocycles. The molecule has 0 aliphatic heterocycles. The van der Waals surface area contributed by atoms with Crippen LogP contribution in [0.25, 0.3) is 11.0 Å². The maximum absolute atomic E-state index is 11.9. The first kappa shape index (κ1) is 10.8. The smallest absolute Gasteiger partial charge is 0.344 e. The molecule has 0 amide bonds. The highest BCUT2D eigenvalue weighted by Crippen LogP contribution is 2.15. The van der Waals surface area contributed by atoms with Gasteiger partial charge < -0.3 is 9.72 Å². The van der Waals surface area contributed by atoms with E-state index in [0.717, 1.165) is 0 Å². The van der Waals surface area contributed by atoms with Gasteiger partial charge in [-0.1, -0.05) is 0 Å². The molecular weight excluding hydrogens is 276 g/mol. The van der Waals surface area contributed by atoms with Crippen LogP contribution in [-0.2, 0) is 4.74 Å². The second-order valence-corrected chi connectivity index (χ2v) is 3.83. The van der Waals surface area contributed by atoms with Crippen LogP contribution in [0.3, 0.4) is 0 Å².